The van der Waals surface area contributed by atoms with Gasteiger partial charge in [0.05, 0.1) is 5.69 Å². The molecule has 0 aliphatic carbocycles. The third-order valence-corrected chi connectivity index (χ3v) is 6.61. The lowest BCUT2D eigenvalue weighted by Gasteiger charge is -2.20. The van der Waals surface area contributed by atoms with Crippen LogP contribution in [0.25, 0.3) is 10.6 Å². The maximum absolute atomic E-state index is 4.84. The second-order valence-corrected chi connectivity index (χ2v) is 8.73. The molecule has 0 spiro atoms. The average molecular weight is 435 g/mol. The lowest BCUT2D eigenvalue weighted by molar-refractivity contribution is 0.282. The van der Waals surface area contributed by atoms with Crippen LogP contribution < -0.4 is 4.90 Å². The van der Waals surface area contributed by atoms with Gasteiger partial charge in [-0.25, -0.2) is 9.97 Å². The Bertz CT molecular complexity index is 801. The summed E-state index contributed by atoms with van der Waals surface area (Å²) >= 11 is 6.94. The summed E-state index contributed by atoms with van der Waals surface area (Å²) in [5.41, 5.74) is 2.36. The van der Waals surface area contributed by atoms with E-state index >= 15 is 0 Å². The molecule has 4 nitrogen and oxygen atoms in total. The number of aromatic nitrogens is 2. The number of anilines is 1. The normalized spacial score (nSPS) is 16.1. The van der Waals surface area contributed by atoms with Gasteiger partial charge >= 0.3 is 0 Å². The molecule has 1 fully saturated rings. The largest absolute Gasteiger partial charge is 0.347 e. The van der Waals surface area contributed by atoms with Gasteiger partial charge in [-0.3, -0.25) is 4.90 Å². The Kier molecular flexibility index (Phi) is 5.45. The van der Waals surface area contributed by atoms with Crippen molar-refractivity contribution in [2.45, 2.75) is 13.0 Å². The molecule has 0 radical (unpaired) electrons. The topological polar surface area (TPSA) is 32.3 Å². The molecule has 2 aromatic heterocycles. The second-order valence-electron chi connectivity index (χ2n) is 6.08. The van der Waals surface area contributed by atoms with Crippen LogP contribution in [0, 0.1) is 0 Å². The average Bonchev–Trinajstić information content (AvgIpc) is 3.26. The zero-order chi connectivity index (χ0) is 17.1. The van der Waals surface area contributed by atoms with E-state index in [1.165, 1.54) is 17.7 Å². The maximum Gasteiger partial charge on any atom is 0.185 e. The zero-order valence-electron chi connectivity index (χ0n) is 13.8. The van der Waals surface area contributed by atoms with Gasteiger partial charge in [0.25, 0.3) is 0 Å². The molecule has 0 bridgehead atoms. The van der Waals surface area contributed by atoms with Crippen molar-refractivity contribution < 1.29 is 0 Å². The Morgan fingerprint density at radius 1 is 1.04 bits per heavy atom. The Hall–Kier alpha value is -1.28. The highest BCUT2D eigenvalue weighted by atomic mass is 79.9. The summed E-state index contributed by atoms with van der Waals surface area (Å²) in [4.78, 5) is 14.2. The molecule has 0 unspecified atom stereocenters. The molecule has 3 aromatic rings. The number of hydrogen-bond donors (Lipinski definition) is 0. The van der Waals surface area contributed by atoms with E-state index in [2.05, 4.69) is 65.7 Å². The predicted molar refractivity (Wildman–Crippen MR) is 109 cm³/mol. The first-order valence-corrected chi connectivity index (χ1v) is 10.9. The monoisotopic (exact) mass is 434 g/mol. The third-order valence-electron chi connectivity index (χ3n) is 4.31. The molecule has 130 valence electrons. The summed E-state index contributed by atoms with van der Waals surface area (Å²) in [6.07, 6.45) is 3.06. The molecule has 1 saturated heterocycles. The molecule has 0 amide bonds. The lowest BCUT2D eigenvalue weighted by atomic mass is 10.2. The first-order valence-electron chi connectivity index (χ1n) is 8.35. The Labute approximate surface area is 164 Å². The van der Waals surface area contributed by atoms with E-state index in [1.54, 1.807) is 22.7 Å². The van der Waals surface area contributed by atoms with Gasteiger partial charge in [0.1, 0.15) is 5.01 Å². The molecule has 0 N–H and O–H groups in total. The number of nitrogens with zero attached hydrogens (tertiary/aromatic N) is 4. The second kappa shape index (κ2) is 7.95. The first-order chi connectivity index (χ1) is 12.3. The molecule has 0 atom stereocenters. The van der Waals surface area contributed by atoms with Gasteiger partial charge in [-0.1, -0.05) is 28.1 Å². The van der Waals surface area contributed by atoms with Gasteiger partial charge in [-0.15, -0.1) is 22.7 Å². The highest BCUT2D eigenvalue weighted by molar-refractivity contribution is 9.10. The van der Waals surface area contributed by atoms with Crippen LogP contribution in [0.4, 0.5) is 5.13 Å². The first kappa shape index (κ1) is 17.1. The van der Waals surface area contributed by atoms with Crippen molar-refractivity contribution in [1.82, 2.24) is 14.9 Å². The van der Waals surface area contributed by atoms with Crippen molar-refractivity contribution >= 4 is 43.7 Å². The van der Waals surface area contributed by atoms with Crippen LogP contribution in [-0.4, -0.2) is 41.0 Å². The van der Waals surface area contributed by atoms with E-state index in [9.17, 15) is 0 Å². The fourth-order valence-electron chi connectivity index (χ4n) is 3.03. The summed E-state index contributed by atoms with van der Waals surface area (Å²) < 4.78 is 1.10. The summed E-state index contributed by atoms with van der Waals surface area (Å²) in [7, 11) is 0. The van der Waals surface area contributed by atoms with E-state index < -0.39 is 0 Å². The summed E-state index contributed by atoms with van der Waals surface area (Å²) in [6.45, 7) is 5.24. The van der Waals surface area contributed by atoms with Gasteiger partial charge in [-0.2, -0.15) is 0 Å². The van der Waals surface area contributed by atoms with Crippen LogP contribution in [-0.2, 0) is 6.54 Å². The predicted octanol–water partition coefficient (Wildman–Crippen LogP) is 4.74. The van der Waals surface area contributed by atoms with E-state index in [4.69, 9.17) is 4.98 Å². The van der Waals surface area contributed by atoms with E-state index in [-0.39, 0.29) is 0 Å². The van der Waals surface area contributed by atoms with Crippen molar-refractivity contribution in [1.29, 1.82) is 0 Å². The fraction of sp³-hybridized carbons (Fsp3) is 0.333. The minimum Gasteiger partial charge on any atom is -0.347 e. The minimum atomic E-state index is 0.929. The van der Waals surface area contributed by atoms with Gasteiger partial charge in [0, 0.05) is 59.7 Å². The van der Waals surface area contributed by atoms with Crippen LogP contribution in [0.1, 0.15) is 12.1 Å². The molecule has 1 aliphatic rings. The van der Waals surface area contributed by atoms with E-state index in [0.29, 0.717) is 0 Å². The highest BCUT2D eigenvalue weighted by Gasteiger charge is 2.17. The van der Waals surface area contributed by atoms with Gasteiger partial charge in [0.2, 0.25) is 0 Å². The number of halogens is 1. The minimum absolute atomic E-state index is 0.929. The van der Waals surface area contributed by atoms with Crippen LogP contribution >= 0.6 is 38.6 Å². The summed E-state index contributed by atoms with van der Waals surface area (Å²) in [5, 5.41) is 6.49. The molecule has 3 heterocycles. The Morgan fingerprint density at radius 3 is 2.72 bits per heavy atom. The van der Waals surface area contributed by atoms with Crippen molar-refractivity contribution in [2.75, 3.05) is 31.1 Å². The van der Waals surface area contributed by atoms with Gasteiger partial charge in [0.15, 0.2) is 5.13 Å². The van der Waals surface area contributed by atoms with Crippen LogP contribution in [0.15, 0.2) is 45.7 Å². The van der Waals surface area contributed by atoms with Crippen molar-refractivity contribution in [3.8, 4) is 10.6 Å². The molecule has 0 saturated carbocycles. The Morgan fingerprint density at radius 2 is 1.92 bits per heavy atom. The number of thiazole rings is 2. The number of benzene rings is 1. The van der Waals surface area contributed by atoms with Gasteiger partial charge < -0.3 is 4.90 Å². The molecule has 25 heavy (non-hydrogen) atoms. The quantitative estimate of drug-likeness (QED) is 0.593. The van der Waals surface area contributed by atoms with Crippen molar-refractivity contribution in [3.05, 3.63) is 51.4 Å². The zero-order valence-corrected chi connectivity index (χ0v) is 17.0. The molecular weight excluding hydrogens is 416 g/mol. The SMILES string of the molecule is Brc1ccc(-c2nc(CN3CCCN(c4nccs4)CC3)cs2)cc1. The summed E-state index contributed by atoms with van der Waals surface area (Å²) in [5.74, 6) is 0. The van der Waals surface area contributed by atoms with Crippen molar-refractivity contribution in [3.63, 3.8) is 0 Å². The molecule has 7 heteroatoms. The third kappa shape index (κ3) is 4.28. The molecular formula is C18H19BrN4S2. The van der Waals surface area contributed by atoms with Crippen LogP contribution in [0.3, 0.4) is 0 Å². The Balaban J connectivity index is 1.38. The smallest absolute Gasteiger partial charge is 0.185 e. The molecule has 4 rings (SSSR count). The van der Waals surface area contributed by atoms with Crippen LogP contribution in [0.5, 0.6) is 0 Å². The maximum atomic E-state index is 4.84. The fourth-order valence-corrected chi connectivity index (χ4v) is 4.80. The van der Waals surface area contributed by atoms with E-state index in [1.807, 2.05) is 6.20 Å². The number of rotatable bonds is 4. The molecule has 1 aliphatic heterocycles. The van der Waals surface area contributed by atoms with Gasteiger partial charge in [-0.05, 0) is 18.6 Å². The highest BCUT2D eigenvalue weighted by Crippen LogP contribution is 2.26. The standard InChI is InChI=1S/C18H19BrN4S2/c19-15-4-2-14(3-5-15)17-21-16(13-25-17)12-22-7-1-8-23(10-9-22)18-20-6-11-24-18/h2-6,11,13H,1,7-10,12H2. The van der Waals surface area contributed by atoms with Crippen LogP contribution in [0.2, 0.25) is 0 Å². The molecule has 1 aromatic carbocycles. The lowest BCUT2D eigenvalue weighted by Crippen LogP contribution is -2.30. The summed E-state index contributed by atoms with van der Waals surface area (Å²) in [6, 6.07) is 8.37. The van der Waals surface area contributed by atoms with Crippen molar-refractivity contribution in [2.24, 2.45) is 0 Å². The number of hydrogen-bond acceptors (Lipinski definition) is 6. The van der Waals surface area contributed by atoms with E-state index in [0.717, 1.165) is 47.3 Å².